The van der Waals surface area contributed by atoms with Crippen molar-refractivity contribution in [2.45, 2.75) is 6.92 Å². The molecule has 0 aliphatic heterocycles. The van der Waals surface area contributed by atoms with Gasteiger partial charge in [0.25, 0.3) is 0 Å². The van der Waals surface area contributed by atoms with Crippen LogP contribution in [0.15, 0.2) is 24.8 Å². The summed E-state index contributed by atoms with van der Waals surface area (Å²) in [6, 6.07) is 5.60. The highest BCUT2D eigenvalue weighted by Gasteiger charge is 2.03. The molecule has 0 amide bonds. The Labute approximate surface area is 77.6 Å². The normalized spacial score (nSPS) is 9.50. The van der Waals surface area contributed by atoms with Gasteiger partial charge in [0, 0.05) is 5.56 Å². The molecular weight excluding hydrogens is 172 g/mol. The predicted molar refractivity (Wildman–Crippen MR) is 52.7 cm³/mol. The average Bonchev–Trinajstić information content (AvgIpc) is 2.09. The van der Waals surface area contributed by atoms with E-state index in [1.807, 2.05) is 19.1 Å². The summed E-state index contributed by atoms with van der Waals surface area (Å²) in [6.07, 6.45) is 1.73. The fraction of sp³-hybridized carbons (Fsp3) is 0.200. The minimum atomic E-state index is 0.616. The van der Waals surface area contributed by atoms with Crippen LogP contribution in [0.2, 0.25) is 5.02 Å². The zero-order valence-electron chi connectivity index (χ0n) is 7.01. The van der Waals surface area contributed by atoms with Crippen molar-refractivity contribution in [2.24, 2.45) is 0 Å². The summed E-state index contributed by atoms with van der Waals surface area (Å²) >= 11 is 5.91. The molecule has 0 saturated carbocycles. The topological polar surface area (TPSA) is 9.23 Å². The lowest BCUT2D eigenvalue weighted by atomic mass is 10.2. The maximum absolute atomic E-state index is 5.91. The second-order valence-electron chi connectivity index (χ2n) is 2.30. The maximum Gasteiger partial charge on any atom is 0.145 e. The zero-order valence-corrected chi connectivity index (χ0v) is 7.77. The Bertz CT molecular complexity index is 281. The van der Waals surface area contributed by atoms with Crippen molar-refractivity contribution in [1.29, 1.82) is 0 Å². The monoisotopic (exact) mass is 182 g/mol. The van der Waals surface area contributed by atoms with Crippen LogP contribution in [0.4, 0.5) is 0 Å². The van der Waals surface area contributed by atoms with E-state index in [-0.39, 0.29) is 0 Å². The highest BCUT2D eigenvalue weighted by Crippen LogP contribution is 2.29. The molecule has 0 unspecified atom stereocenters. The molecule has 0 aliphatic rings. The van der Waals surface area contributed by atoms with Gasteiger partial charge in [0.1, 0.15) is 5.75 Å². The van der Waals surface area contributed by atoms with E-state index in [9.17, 15) is 0 Å². The van der Waals surface area contributed by atoms with E-state index in [0.29, 0.717) is 11.6 Å². The quantitative estimate of drug-likeness (QED) is 0.697. The van der Waals surface area contributed by atoms with Crippen molar-refractivity contribution >= 4 is 17.7 Å². The number of para-hydroxylation sites is 1. The van der Waals surface area contributed by atoms with Gasteiger partial charge in [-0.1, -0.05) is 36.4 Å². The summed E-state index contributed by atoms with van der Waals surface area (Å²) in [4.78, 5) is 0. The van der Waals surface area contributed by atoms with E-state index in [2.05, 4.69) is 6.58 Å². The van der Waals surface area contributed by atoms with Crippen LogP contribution >= 0.6 is 11.6 Å². The molecule has 0 N–H and O–H groups in total. The van der Waals surface area contributed by atoms with Crippen LogP contribution in [0.3, 0.4) is 0 Å². The Hall–Kier alpha value is -0.950. The molecule has 64 valence electrons. The summed E-state index contributed by atoms with van der Waals surface area (Å²) in [5.74, 6) is 0.719. The van der Waals surface area contributed by atoms with Gasteiger partial charge in [-0.05, 0) is 13.0 Å². The van der Waals surface area contributed by atoms with Crippen molar-refractivity contribution < 1.29 is 4.74 Å². The minimum Gasteiger partial charge on any atom is -0.492 e. The lowest BCUT2D eigenvalue weighted by Gasteiger charge is -2.08. The van der Waals surface area contributed by atoms with Crippen LogP contribution in [0.5, 0.6) is 5.75 Å². The van der Waals surface area contributed by atoms with Gasteiger partial charge < -0.3 is 4.74 Å². The second kappa shape index (κ2) is 4.17. The maximum atomic E-state index is 5.91. The van der Waals surface area contributed by atoms with Crippen LogP contribution in [-0.2, 0) is 0 Å². The molecule has 0 fully saturated rings. The van der Waals surface area contributed by atoms with Crippen molar-refractivity contribution in [1.82, 2.24) is 0 Å². The van der Waals surface area contributed by atoms with Crippen LogP contribution in [0, 0.1) is 0 Å². The summed E-state index contributed by atoms with van der Waals surface area (Å²) in [5, 5.41) is 0.634. The Balaban J connectivity index is 3.10. The van der Waals surface area contributed by atoms with E-state index in [4.69, 9.17) is 16.3 Å². The van der Waals surface area contributed by atoms with E-state index in [1.54, 1.807) is 12.1 Å². The molecule has 0 aromatic heterocycles. The molecule has 0 aliphatic carbocycles. The molecule has 0 atom stereocenters. The molecule has 2 heteroatoms. The number of halogens is 1. The molecule has 1 rings (SSSR count). The van der Waals surface area contributed by atoms with Crippen LogP contribution in [-0.4, -0.2) is 6.61 Å². The second-order valence-corrected chi connectivity index (χ2v) is 2.70. The number of rotatable bonds is 3. The van der Waals surface area contributed by atoms with E-state index in [0.717, 1.165) is 11.3 Å². The standard InChI is InChI=1S/C10H11ClO/c1-3-8-6-5-7-9(11)10(8)12-4-2/h3,5-7H,1,4H2,2H3. The van der Waals surface area contributed by atoms with E-state index >= 15 is 0 Å². The number of hydrogen-bond acceptors (Lipinski definition) is 1. The predicted octanol–water partition coefficient (Wildman–Crippen LogP) is 3.38. The molecule has 0 radical (unpaired) electrons. The van der Waals surface area contributed by atoms with E-state index < -0.39 is 0 Å². The largest absolute Gasteiger partial charge is 0.492 e. The van der Waals surface area contributed by atoms with Gasteiger partial charge in [-0.3, -0.25) is 0 Å². The summed E-state index contributed by atoms with van der Waals surface area (Å²) in [5.41, 5.74) is 0.935. The SMILES string of the molecule is C=Cc1cccc(Cl)c1OCC. The van der Waals surface area contributed by atoms with Gasteiger partial charge in [0.05, 0.1) is 11.6 Å². The number of hydrogen-bond donors (Lipinski definition) is 0. The first kappa shape index (κ1) is 9.14. The Morgan fingerprint density at radius 1 is 1.58 bits per heavy atom. The summed E-state index contributed by atoms with van der Waals surface area (Å²) < 4.78 is 5.36. The molecule has 0 heterocycles. The fourth-order valence-corrected chi connectivity index (χ4v) is 1.22. The Morgan fingerprint density at radius 2 is 2.33 bits per heavy atom. The molecule has 1 aromatic carbocycles. The zero-order chi connectivity index (χ0) is 8.97. The molecule has 0 bridgehead atoms. The van der Waals surface area contributed by atoms with Crippen molar-refractivity contribution in [3.63, 3.8) is 0 Å². The third-order valence-electron chi connectivity index (χ3n) is 1.51. The Kier molecular flexibility index (Phi) is 3.18. The molecule has 0 spiro atoms. The molecule has 1 aromatic rings. The van der Waals surface area contributed by atoms with Gasteiger partial charge in [0.15, 0.2) is 0 Å². The van der Waals surface area contributed by atoms with Gasteiger partial charge in [-0.15, -0.1) is 0 Å². The van der Waals surface area contributed by atoms with Gasteiger partial charge in [-0.2, -0.15) is 0 Å². The van der Waals surface area contributed by atoms with Crippen molar-refractivity contribution in [2.75, 3.05) is 6.61 Å². The fourth-order valence-electron chi connectivity index (χ4n) is 0.983. The lowest BCUT2D eigenvalue weighted by molar-refractivity contribution is 0.340. The Morgan fingerprint density at radius 3 is 2.92 bits per heavy atom. The minimum absolute atomic E-state index is 0.616. The van der Waals surface area contributed by atoms with Gasteiger partial charge in [0.2, 0.25) is 0 Å². The highest BCUT2D eigenvalue weighted by molar-refractivity contribution is 6.32. The molecule has 0 saturated heterocycles. The van der Waals surface area contributed by atoms with Gasteiger partial charge in [-0.25, -0.2) is 0 Å². The van der Waals surface area contributed by atoms with Crippen LogP contribution < -0.4 is 4.74 Å². The van der Waals surface area contributed by atoms with E-state index in [1.165, 1.54) is 0 Å². The first-order valence-corrected chi connectivity index (χ1v) is 4.21. The number of benzene rings is 1. The van der Waals surface area contributed by atoms with Crippen LogP contribution in [0.1, 0.15) is 12.5 Å². The average molecular weight is 183 g/mol. The van der Waals surface area contributed by atoms with Gasteiger partial charge >= 0.3 is 0 Å². The first-order valence-electron chi connectivity index (χ1n) is 3.83. The number of ether oxygens (including phenoxy) is 1. The summed E-state index contributed by atoms with van der Waals surface area (Å²) in [6.45, 7) is 6.22. The lowest BCUT2D eigenvalue weighted by Crippen LogP contribution is -1.94. The van der Waals surface area contributed by atoms with Crippen molar-refractivity contribution in [3.05, 3.63) is 35.4 Å². The first-order chi connectivity index (χ1) is 5.79. The highest BCUT2D eigenvalue weighted by atomic mass is 35.5. The smallest absolute Gasteiger partial charge is 0.145 e. The third-order valence-corrected chi connectivity index (χ3v) is 1.80. The molecule has 12 heavy (non-hydrogen) atoms. The van der Waals surface area contributed by atoms with Crippen molar-refractivity contribution in [3.8, 4) is 5.75 Å². The van der Waals surface area contributed by atoms with Crippen LogP contribution in [0.25, 0.3) is 6.08 Å². The molecule has 1 nitrogen and oxygen atoms in total. The third kappa shape index (κ3) is 1.80. The molecular formula is C10H11ClO. The summed E-state index contributed by atoms with van der Waals surface area (Å²) in [7, 11) is 0.